The minimum absolute atomic E-state index is 0.0313. The van der Waals surface area contributed by atoms with E-state index >= 15 is 0 Å². The minimum Gasteiger partial charge on any atom is -0.454 e. The third kappa shape index (κ3) is 4.59. The van der Waals surface area contributed by atoms with E-state index in [1.54, 1.807) is 0 Å². The standard InChI is InChI=1S/C24H24N2O5S/c1-5-14-25-32(29,30)19-12-10-17(11-13-19)23(28)31-16-18(27)15-22-24(2,3)20-8-6-7-9-21(20)26(22)4/h1,6-13,15,25H,14,16H2,2-4H3/b22-15-. The highest BCUT2D eigenvalue weighted by Crippen LogP contribution is 2.46. The number of anilines is 1. The van der Waals surface area contributed by atoms with Gasteiger partial charge in [-0.05, 0) is 35.9 Å². The van der Waals surface area contributed by atoms with Crippen LogP contribution in [0.1, 0.15) is 29.8 Å². The number of carbonyl (C=O) groups is 2. The van der Waals surface area contributed by atoms with E-state index in [0.717, 1.165) is 16.9 Å². The molecule has 32 heavy (non-hydrogen) atoms. The van der Waals surface area contributed by atoms with Crippen LogP contribution in [0.4, 0.5) is 5.69 Å². The molecule has 2 aromatic carbocycles. The van der Waals surface area contributed by atoms with Crippen molar-refractivity contribution in [1.29, 1.82) is 0 Å². The quantitative estimate of drug-likeness (QED) is 0.394. The molecule has 0 aliphatic carbocycles. The third-order valence-electron chi connectivity index (χ3n) is 5.35. The Morgan fingerprint density at radius 1 is 1.16 bits per heavy atom. The maximum absolute atomic E-state index is 12.5. The molecule has 0 bridgehead atoms. The molecule has 1 heterocycles. The summed E-state index contributed by atoms with van der Waals surface area (Å²) in [5.41, 5.74) is 2.73. The second-order valence-corrected chi connectivity index (χ2v) is 9.59. The van der Waals surface area contributed by atoms with Crippen molar-refractivity contribution in [3.8, 4) is 12.3 Å². The molecule has 0 amide bonds. The van der Waals surface area contributed by atoms with Gasteiger partial charge in [0.1, 0.15) is 0 Å². The molecule has 0 unspecified atom stereocenters. The molecule has 1 aliphatic heterocycles. The lowest BCUT2D eigenvalue weighted by molar-refractivity contribution is -0.117. The van der Waals surface area contributed by atoms with Gasteiger partial charge >= 0.3 is 5.97 Å². The molecular formula is C24H24N2O5S. The zero-order chi connectivity index (χ0) is 23.5. The SMILES string of the molecule is C#CCNS(=O)(=O)c1ccc(C(=O)OCC(=O)/C=C2\N(C)c3ccccc3C2(C)C)cc1. The molecule has 0 radical (unpaired) electrons. The predicted molar refractivity (Wildman–Crippen MR) is 122 cm³/mol. The Balaban J connectivity index is 1.66. The molecular weight excluding hydrogens is 428 g/mol. The third-order valence-corrected chi connectivity index (χ3v) is 6.77. The van der Waals surface area contributed by atoms with Crippen molar-refractivity contribution < 1.29 is 22.7 Å². The first-order chi connectivity index (χ1) is 15.1. The van der Waals surface area contributed by atoms with Gasteiger partial charge in [0.2, 0.25) is 10.0 Å². The van der Waals surface area contributed by atoms with Crippen molar-refractivity contribution in [3.05, 3.63) is 71.4 Å². The monoisotopic (exact) mass is 452 g/mol. The summed E-state index contributed by atoms with van der Waals surface area (Å²) in [4.78, 5) is 26.7. The summed E-state index contributed by atoms with van der Waals surface area (Å²) in [5.74, 6) is 1.11. The molecule has 2 aromatic rings. The lowest BCUT2D eigenvalue weighted by Crippen LogP contribution is -2.25. The van der Waals surface area contributed by atoms with Crippen LogP contribution in [-0.2, 0) is 25.0 Å². The number of terminal acetylenes is 1. The van der Waals surface area contributed by atoms with Gasteiger partial charge in [-0.1, -0.05) is 38.0 Å². The molecule has 1 aliphatic rings. The molecule has 166 valence electrons. The summed E-state index contributed by atoms with van der Waals surface area (Å²) in [6, 6.07) is 13.1. The Morgan fingerprint density at radius 2 is 1.81 bits per heavy atom. The zero-order valence-corrected chi connectivity index (χ0v) is 18.9. The van der Waals surface area contributed by atoms with Crippen molar-refractivity contribution in [1.82, 2.24) is 4.72 Å². The summed E-state index contributed by atoms with van der Waals surface area (Å²) in [6.45, 7) is 3.51. The molecule has 0 aromatic heterocycles. The first-order valence-corrected chi connectivity index (χ1v) is 11.3. The topological polar surface area (TPSA) is 92.8 Å². The average Bonchev–Trinajstić information content (AvgIpc) is 2.97. The number of hydrogen-bond acceptors (Lipinski definition) is 6. The number of esters is 1. The van der Waals surface area contributed by atoms with E-state index in [-0.39, 0.29) is 28.2 Å². The number of para-hydroxylation sites is 1. The van der Waals surface area contributed by atoms with Gasteiger partial charge in [0.15, 0.2) is 12.4 Å². The Morgan fingerprint density at radius 3 is 2.44 bits per heavy atom. The van der Waals surface area contributed by atoms with Crippen molar-refractivity contribution in [2.24, 2.45) is 0 Å². The average molecular weight is 453 g/mol. The number of ether oxygens (including phenoxy) is 1. The highest BCUT2D eigenvalue weighted by Gasteiger charge is 2.38. The van der Waals surface area contributed by atoms with Crippen LogP contribution in [0.5, 0.6) is 0 Å². The lowest BCUT2D eigenvalue weighted by atomic mass is 9.83. The van der Waals surface area contributed by atoms with Crippen molar-refractivity contribution >= 4 is 27.5 Å². The van der Waals surface area contributed by atoms with E-state index in [2.05, 4.69) is 10.6 Å². The molecule has 7 nitrogen and oxygen atoms in total. The van der Waals surface area contributed by atoms with Gasteiger partial charge in [-0.3, -0.25) is 4.79 Å². The molecule has 0 atom stereocenters. The van der Waals surface area contributed by atoms with Crippen LogP contribution < -0.4 is 9.62 Å². The van der Waals surface area contributed by atoms with E-state index in [1.807, 2.05) is 50.1 Å². The zero-order valence-electron chi connectivity index (χ0n) is 18.1. The highest BCUT2D eigenvalue weighted by molar-refractivity contribution is 7.89. The second-order valence-electron chi connectivity index (χ2n) is 7.83. The first-order valence-electron chi connectivity index (χ1n) is 9.86. The molecule has 1 N–H and O–H groups in total. The molecule has 0 spiro atoms. The van der Waals surface area contributed by atoms with Gasteiger partial charge in [-0.2, -0.15) is 4.72 Å². The maximum atomic E-state index is 12.5. The number of allylic oxidation sites excluding steroid dienone is 1. The fourth-order valence-corrected chi connectivity index (χ4v) is 4.60. The summed E-state index contributed by atoms with van der Waals surface area (Å²) in [6.07, 6.45) is 6.56. The van der Waals surface area contributed by atoms with Gasteiger partial charge < -0.3 is 9.64 Å². The molecule has 3 rings (SSSR count). The predicted octanol–water partition coefficient (Wildman–Crippen LogP) is 2.64. The normalized spacial score (nSPS) is 15.8. The number of nitrogens with one attached hydrogen (secondary N) is 1. The minimum atomic E-state index is -3.75. The fourth-order valence-electron chi connectivity index (χ4n) is 3.66. The van der Waals surface area contributed by atoms with Gasteiger partial charge in [-0.25, -0.2) is 13.2 Å². The van der Waals surface area contributed by atoms with E-state index in [1.165, 1.54) is 30.3 Å². The number of carbonyl (C=O) groups excluding carboxylic acids is 2. The van der Waals surface area contributed by atoms with Crippen molar-refractivity contribution in [3.63, 3.8) is 0 Å². The van der Waals surface area contributed by atoms with Crippen LogP contribution in [0.2, 0.25) is 0 Å². The van der Waals surface area contributed by atoms with Crippen LogP contribution in [0.3, 0.4) is 0 Å². The summed E-state index contributed by atoms with van der Waals surface area (Å²) >= 11 is 0. The number of rotatable bonds is 7. The number of likely N-dealkylation sites (N-methyl/N-ethyl adjacent to an activating group) is 1. The van der Waals surface area contributed by atoms with Gasteiger partial charge in [0.25, 0.3) is 0 Å². The Bertz CT molecular complexity index is 1220. The Kier molecular flexibility index (Phi) is 6.53. The fraction of sp³-hybridized carbons (Fsp3) is 0.250. The van der Waals surface area contributed by atoms with Crippen LogP contribution in [0.25, 0.3) is 0 Å². The summed E-state index contributed by atoms with van der Waals surface area (Å²) < 4.78 is 31.4. The Labute approximate surface area is 188 Å². The van der Waals surface area contributed by atoms with Crippen LogP contribution >= 0.6 is 0 Å². The van der Waals surface area contributed by atoms with E-state index in [4.69, 9.17) is 11.2 Å². The number of hydrogen-bond donors (Lipinski definition) is 1. The number of fused-ring (bicyclic) bond motifs is 1. The Hall–Kier alpha value is -3.41. The smallest absolute Gasteiger partial charge is 0.338 e. The van der Waals surface area contributed by atoms with Crippen molar-refractivity contribution in [2.45, 2.75) is 24.2 Å². The molecule has 0 saturated heterocycles. The van der Waals surface area contributed by atoms with Crippen LogP contribution in [0.15, 0.2) is 65.2 Å². The van der Waals surface area contributed by atoms with Crippen molar-refractivity contribution in [2.75, 3.05) is 25.1 Å². The van der Waals surface area contributed by atoms with E-state index in [0.29, 0.717) is 0 Å². The maximum Gasteiger partial charge on any atom is 0.338 e. The number of ketones is 1. The van der Waals surface area contributed by atoms with E-state index in [9.17, 15) is 18.0 Å². The largest absolute Gasteiger partial charge is 0.454 e. The van der Waals surface area contributed by atoms with E-state index < -0.39 is 22.6 Å². The summed E-state index contributed by atoms with van der Waals surface area (Å²) in [5, 5.41) is 0. The number of nitrogens with zero attached hydrogens (tertiary/aromatic N) is 1. The second kappa shape index (κ2) is 8.99. The lowest BCUT2D eigenvalue weighted by Gasteiger charge is -2.23. The summed E-state index contributed by atoms with van der Waals surface area (Å²) in [7, 11) is -1.86. The molecule has 8 heteroatoms. The highest BCUT2D eigenvalue weighted by atomic mass is 32.2. The van der Waals surface area contributed by atoms with Crippen LogP contribution in [-0.4, -0.2) is 40.4 Å². The van der Waals surface area contributed by atoms with Gasteiger partial charge in [0, 0.05) is 29.9 Å². The molecule has 0 saturated carbocycles. The van der Waals surface area contributed by atoms with Crippen LogP contribution in [0, 0.1) is 12.3 Å². The molecule has 0 fully saturated rings. The number of sulfonamides is 1. The number of benzene rings is 2. The first kappa shape index (κ1) is 23.3. The van der Waals surface area contributed by atoms with Gasteiger partial charge in [0.05, 0.1) is 17.0 Å². The van der Waals surface area contributed by atoms with Gasteiger partial charge in [-0.15, -0.1) is 6.42 Å².